The Kier molecular flexibility index (Phi) is 5.70. The summed E-state index contributed by atoms with van der Waals surface area (Å²) in [6.45, 7) is 18.1. The number of aliphatic hydroxyl groups is 1. The predicted molar refractivity (Wildman–Crippen MR) is 112 cm³/mol. The van der Waals surface area contributed by atoms with Crippen LogP contribution in [0.3, 0.4) is 0 Å². The third-order valence-electron chi connectivity index (χ3n) is 5.94. The zero-order chi connectivity index (χ0) is 19.8. The first-order chi connectivity index (χ1) is 12.0. The molecule has 0 aromatic heterocycles. The highest BCUT2D eigenvalue weighted by molar-refractivity contribution is 5.95. The molecule has 0 amide bonds. The molecule has 1 N–H and O–H groups in total. The maximum absolute atomic E-state index is 10.6. The minimum absolute atomic E-state index is 0.462. The Labute approximate surface area is 158 Å². The van der Waals surface area contributed by atoms with Gasteiger partial charge in [0, 0.05) is 0 Å². The van der Waals surface area contributed by atoms with Crippen LogP contribution in [-0.4, -0.2) is 16.3 Å². The Bertz CT molecular complexity index is 789. The smallest absolute Gasteiger partial charge is 0.0940 e. The third-order valence-corrected chi connectivity index (χ3v) is 5.94. The molecule has 0 heterocycles. The lowest BCUT2D eigenvalue weighted by molar-refractivity contribution is -0.220. The van der Waals surface area contributed by atoms with E-state index in [0.29, 0.717) is 0 Å². The fourth-order valence-electron chi connectivity index (χ4n) is 3.52. The molecule has 0 spiro atoms. The molecule has 0 atom stereocenters. The average molecular weight is 355 g/mol. The first kappa shape index (κ1) is 20.7. The van der Waals surface area contributed by atoms with Gasteiger partial charge in [0.25, 0.3) is 0 Å². The Morgan fingerprint density at radius 2 is 1.50 bits per heavy atom. The number of benzene rings is 2. The van der Waals surface area contributed by atoms with Crippen molar-refractivity contribution in [2.75, 3.05) is 0 Å². The van der Waals surface area contributed by atoms with Gasteiger partial charge in [-0.05, 0) is 69.4 Å². The summed E-state index contributed by atoms with van der Waals surface area (Å²) >= 11 is 0. The molecule has 0 aliphatic rings. The van der Waals surface area contributed by atoms with Crippen molar-refractivity contribution in [3.8, 4) is 0 Å². The lowest BCUT2D eigenvalue weighted by atomic mass is 9.81. The van der Waals surface area contributed by atoms with E-state index in [2.05, 4.69) is 56.8 Å². The highest BCUT2D eigenvalue weighted by atomic mass is 16.5. The van der Waals surface area contributed by atoms with E-state index in [1.165, 1.54) is 21.9 Å². The van der Waals surface area contributed by atoms with Crippen molar-refractivity contribution in [1.29, 1.82) is 0 Å². The summed E-state index contributed by atoms with van der Waals surface area (Å²) in [7, 11) is 0. The van der Waals surface area contributed by atoms with Crippen molar-refractivity contribution in [2.24, 2.45) is 0 Å². The van der Waals surface area contributed by atoms with E-state index in [0.717, 1.165) is 18.4 Å². The number of rotatable bonds is 7. The van der Waals surface area contributed by atoms with Crippen molar-refractivity contribution in [2.45, 2.75) is 78.1 Å². The maximum atomic E-state index is 10.6. The average Bonchev–Trinajstić information content (AvgIpc) is 2.57. The number of hydrogen-bond donors (Lipinski definition) is 1. The van der Waals surface area contributed by atoms with Crippen LogP contribution in [0.25, 0.3) is 16.3 Å². The molecule has 0 saturated heterocycles. The molecule has 26 heavy (non-hydrogen) atoms. The van der Waals surface area contributed by atoms with Crippen LogP contribution in [0.2, 0.25) is 0 Å². The van der Waals surface area contributed by atoms with E-state index >= 15 is 0 Å². The molecule has 2 heteroatoms. The van der Waals surface area contributed by atoms with Crippen molar-refractivity contribution in [3.63, 3.8) is 0 Å². The summed E-state index contributed by atoms with van der Waals surface area (Å²) in [4.78, 5) is 0. The highest BCUT2D eigenvalue weighted by Gasteiger charge is 2.44. The summed E-state index contributed by atoms with van der Waals surface area (Å²) < 4.78 is 6.71. The van der Waals surface area contributed by atoms with Gasteiger partial charge in [-0.1, -0.05) is 62.4 Å². The standard InChI is InChI=1S/C24H34O2/c1-9-24(10-2,26-23(7,8)22(5,6)25)21-16-12-14-19-18(17(3)4)13-11-15-20(19)21/h11-16,25H,3,9-10H2,1-2,4-8H3. The summed E-state index contributed by atoms with van der Waals surface area (Å²) in [6, 6.07) is 12.8. The van der Waals surface area contributed by atoms with Crippen LogP contribution in [0.5, 0.6) is 0 Å². The van der Waals surface area contributed by atoms with E-state index in [9.17, 15) is 5.11 Å². The summed E-state index contributed by atoms with van der Waals surface area (Å²) in [5.41, 5.74) is 1.32. The van der Waals surface area contributed by atoms with E-state index < -0.39 is 16.8 Å². The van der Waals surface area contributed by atoms with Gasteiger partial charge in [-0.25, -0.2) is 0 Å². The molecule has 0 aliphatic carbocycles. The number of fused-ring (bicyclic) bond motifs is 1. The SMILES string of the molecule is C=C(C)c1cccc2c(C(CC)(CC)OC(C)(C)C(C)(C)O)cccc12. The minimum atomic E-state index is -0.948. The molecular formula is C24H34O2. The molecule has 0 fully saturated rings. The highest BCUT2D eigenvalue weighted by Crippen LogP contribution is 2.43. The fraction of sp³-hybridized carbons (Fsp3) is 0.500. The Morgan fingerprint density at radius 1 is 0.962 bits per heavy atom. The number of hydrogen-bond acceptors (Lipinski definition) is 2. The van der Waals surface area contributed by atoms with Gasteiger partial charge in [0.2, 0.25) is 0 Å². The molecule has 2 nitrogen and oxygen atoms in total. The van der Waals surface area contributed by atoms with E-state index in [4.69, 9.17) is 4.74 Å². The molecule has 0 bridgehead atoms. The van der Waals surface area contributed by atoms with Gasteiger partial charge < -0.3 is 9.84 Å². The Balaban J connectivity index is 2.72. The second-order valence-corrected chi connectivity index (χ2v) is 8.36. The second kappa shape index (κ2) is 7.17. The van der Waals surface area contributed by atoms with Crippen LogP contribution in [0.15, 0.2) is 43.0 Å². The first-order valence-electron chi connectivity index (χ1n) is 9.59. The zero-order valence-electron chi connectivity index (χ0n) is 17.4. The summed E-state index contributed by atoms with van der Waals surface area (Å²) in [5, 5.41) is 13.0. The molecule has 0 radical (unpaired) electrons. The molecule has 142 valence electrons. The minimum Gasteiger partial charge on any atom is -0.387 e. The van der Waals surface area contributed by atoms with E-state index in [1.54, 1.807) is 0 Å². The summed E-state index contributed by atoms with van der Waals surface area (Å²) in [6.07, 6.45) is 1.67. The topological polar surface area (TPSA) is 29.5 Å². The number of ether oxygens (including phenoxy) is 1. The van der Waals surface area contributed by atoms with Gasteiger partial charge >= 0.3 is 0 Å². The molecular weight excluding hydrogens is 320 g/mol. The molecule has 0 unspecified atom stereocenters. The third kappa shape index (κ3) is 3.58. The second-order valence-electron chi connectivity index (χ2n) is 8.36. The van der Waals surface area contributed by atoms with Gasteiger partial charge in [0.05, 0.1) is 16.8 Å². The molecule has 0 aliphatic heterocycles. The fourth-order valence-corrected chi connectivity index (χ4v) is 3.52. The lowest BCUT2D eigenvalue weighted by Crippen LogP contribution is -2.52. The Hall–Kier alpha value is -1.64. The van der Waals surface area contributed by atoms with E-state index in [-0.39, 0.29) is 0 Å². The van der Waals surface area contributed by atoms with E-state index in [1.807, 2.05) is 34.6 Å². The van der Waals surface area contributed by atoms with Crippen LogP contribution in [-0.2, 0) is 10.3 Å². The van der Waals surface area contributed by atoms with Gasteiger partial charge in [0.1, 0.15) is 0 Å². The van der Waals surface area contributed by atoms with Crippen molar-refractivity contribution in [3.05, 3.63) is 54.1 Å². The lowest BCUT2D eigenvalue weighted by Gasteiger charge is -2.46. The quantitative estimate of drug-likeness (QED) is 0.619. The monoisotopic (exact) mass is 354 g/mol. The van der Waals surface area contributed by atoms with Crippen molar-refractivity contribution in [1.82, 2.24) is 0 Å². The van der Waals surface area contributed by atoms with Crippen LogP contribution >= 0.6 is 0 Å². The molecule has 0 saturated carbocycles. The Morgan fingerprint density at radius 3 is 2.00 bits per heavy atom. The van der Waals surface area contributed by atoms with Gasteiger partial charge in [-0.3, -0.25) is 0 Å². The van der Waals surface area contributed by atoms with Crippen LogP contribution in [0.1, 0.15) is 72.4 Å². The van der Waals surface area contributed by atoms with Crippen molar-refractivity contribution < 1.29 is 9.84 Å². The largest absolute Gasteiger partial charge is 0.387 e. The number of allylic oxidation sites excluding steroid dienone is 1. The maximum Gasteiger partial charge on any atom is 0.0940 e. The zero-order valence-corrected chi connectivity index (χ0v) is 17.4. The molecule has 2 rings (SSSR count). The van der Waals surface area contributed by atoms with Crippen LogP contribution < -0.4 is 0 Å². The van der Waals surface area contributed by atoms with Gasteiger partial charge in [0.15, 0.2) is 0 Å². The van der Waals surface area contributed by atoms with Crippen LogP contribution in [0, 0.1) is 0 Å². The predicted octanol–water partition coefficient (Wildman–Crippen LogP) is 6.45. The molecule has 2 aromatic carbocycles. The summed E-state index contributed by atoms with van der Waals surface area (Å²) in [5.74, 6) is 0. The van der Waals surface area contributed by atoms with Crippen molar-refractivity contribution >= 4 is 16.3 Å². The van der Waals surface area contributed by atoms with Gasteiger partial charge in [-0.2, -0.15) is 0 Å². The normalized spacial score (nSPS) is 13.2. The van der Waals surface area contributed by atoms with Gasteiger partial charge in [-0.15, -0.1) is 0 Å². The molecule has 2 aromatic rings. The first-order valence-corrected chi connectivity index (χ1v) is 9.59. The van der Waals surface area contributed by atoms with Crippen LogP contribution in [0.4, 0.5) is 0 Å².